The standard InChI is InChI=1S/C21H24N6O/c1-14-6-4-8-16(10-14)24-20-18(19(22)28)12-23-21(26-20)25-17-9-5-7-15(11-17)13-27(2)3/h4-12H,13H2,1-3H3,(H2,22,28)(H2,23,24,25,26). The first kappa shape index (κ1) is 19.3. The Hall–Kier alpha value is -3.45. The molecule has 4 N–H and O–H groups in total. The number of carbonyl (C=O) groups is 1. The van der Waals surface area contributed by atoms with E-state index in [0.717, 1.165) is 23.5 Å². The summed E-state index contributed by atoms with van der Waals surface area (Å²) in [5.41, 5.74) is 9.66. The highest BCUT2D eigenvalue weighted by Crippen LogP contribution is 2.22. The molecule has 3 aromatic rings. The minimum Gasteiger partial charge on any atom is -0.365 e. The molecule has 3 rings (SSSR count). The molecule has 0 aliphatic carbocycles. The van der Waals surface area contributed by atoms with E-state index in [2.05, 4.69) is 31.6 Å². The molecule has 0 unspecified atom stereocenters. The number of hydrogen-bond acceptors (Lipinski definition) is 6. The van der Waals surface area contributed by atoms with Gasteiger partial charge in [-0.2, -0.15) is 4.98 Å². The van der Waals surface area contributed by atoms with Crippen molar-refractivity contribution in [2.45, 2.75) is 13.5 Å². The Bertz CT molecular complexity index is 986. The molecule has 144 valence electrons. The Labute approximate surface area is 164 Å². The molecule has 0 saturated carbocycles. The van der Waals surface area contributed by atoms with Crippen molar-refractivity contribution < 1.29 is 4.79 Å². The van der Waals surface area contributed by atoms with Crippen molar-refractivity contribution in [2.75, 3.05) is 24.7 Å². The summed E-state index contributed by atoms with van der Waals surface area (Å²) in [6.07, 6.45) is 1.43. The van der Waals surface area contributed by atoms with Crippen molar-refractivity contribution in [3.05, 3.63) is 71.4 Å². The minimum absolute atomic E-state index is 0.230. The van der Waals surface area contributed by atoms with Crippen molar-refractivity contribution in [1.82, 2.24) is 14.9 Å². The van der Waals surface area contributed by atoms with Crippen LogP contribution in [0.25, 0.3) is 0 Å². The first-order valence-electron chi connectivity index (χ1n) is 8.92. The van der Waals surface area contributed by atoms with Gasteiger partial charge in [0.05, 0.1) is 0 Å². The minimum atomic E-state index is -0.588. The zero-order valence-electron chi connectivity index (χ0n) is 16.2. The Morgan fingerprint density at radius 1 is 1.07 bits per heavy atom. The summed E-state index contributed by atoms with van der Waals surface area (Å²) < 4.78 is 0. The number of aryl methyl sites for hydroxylation is 1. The van der Waals surface area contributed by atoms with E-state index < -0.39 is 5.91 Å². The number of aromatic nitrogens is 2. The lowest BCUT2D eigenvalue weighted by Gasteiger charge is -2.13. The maximum Gasteiger partial charge on any atom is 0.254 e. The van der Waals surface area contributed by atoms with Gasteiger partial charge in [-0.05, 0) is 56.4 Å². The summed E-state index contributed by atoms with van der Waals surface area (Å²) in [6, 6.07) is 15.8. The van der Waals surface area contributed by atoms with Crippen LogP contribution in [0.1, 0.15) is 21.5 Å². The molecule has 7 heteroatoms. The van der Waals surface area contributed by atoms with E-state index >= 15 is 0 Å². The normalized spacial score (nSPS) is 10.7. The predicted octanol–water partition coefficient (Wildman–Crippen LogP) is 3.43. The van der Waals surface area contributed by atoms with Crippen LogP contribution in [0.5, 0.6) is 0 Å². The van der Waals surface area contributed by atoms with Crippen LogP contribution in [0.4, 0.5) is 23.1 Å². The van der Waals surface area contributed by atoms with Crippen molar-refractivity contribution in [3.63, 3.8) is 0 Å². The first-order chi connectivity index (χ1) is 13.4. The Balaban J connectivity index is 1.87. The van der Waals surface area contributed by atoms with Crippen LogP contribution in [-0.4, -0.2) is 34.9 Å². The second kappa shape index (κ2) is 8.49. The molecule has 0 fully saturated rings. The Morgan fingerprint density at radius 2 is 1.79 bits per heavy atom. The van der Waals surface area contributed by atoms with E-state index in [0.29, 0.717) is 11.8 Å². The number of primary amides is 1. The fourth-order valence-electron chi connectivity index (χ4n) is 2.82. The van der Waals surface area contributed by atoms with E-state index in [1.54, 1.807) is 0 Å². The van der Waals surface area contributed by atoms with E-state index in [1.165, 1.54) is 11.8 Å². The molecule has 28 heavy (non-hydrogen) atoms. The second-order valence-corrected chi connectivity index (χ2v) is 6.88. The van der Waals surface area contributed by atoms with Gasteiger partial charge in [0.1, 0.15) is 11.4 Å². The van der Waals surface area contributed by atoms with Gasteiger partial charge in [-0.15, -0.1) is 0 Å². The number of nitrogens with zero attached hydrogens (tertiary/aromatic N) is 3. The topological polar surface area (TPSA) is 96.2 Å². The molecule has 1 aromatic heterocycles. The highest BCUT2D eigenvalue weighted by atomic mass is 16.1. The number of amides is 1. The third-order valence-corrected chi connectivity index (χ3v) is 4.02. The van der Waals surface area contributed by atoms with Crippen molar-refractivity contribution in [1.29, 1.82) is 0 Å². The van der Waals surface area contributed by atoms with Gasteiger partial charge in [0, 0.05) is 24.1 Å². The molecule has 0 aliphatic heterocycles. The highest BCUT2D eigenvalue weighted by Gasteiger charge is 2.13. The molecule has 0 saturated heterocycles. The van der Waals surface area contributed by atoms with Crippen molar-refractivity contribution in [3.8, 4) is 0 Å². The molecule has 0 aliphatic rings. The summed E-state index contributed by atoms with van der Waals surface area (Å²) in [4.78, 5) is 22.6. The number of hydrogen-bond donors (Lipinski definition) is 3. The Kier molecular flexibility index (Phi) is 5.86. The van der Waals surface area contributed by atoms with E-state index in [-0.39, 0.29) is 5.56 Å². The van der Waals surface area contributed by atoms with E-state index in [4.69, 9.17) is 5.73 Å². The summed E-state index contributed by atoms with van der Waals surface area (Å²) in [5.74, 6) is 0.150. The number of benzene rings is 2. The average Bonchev–Trinajstić information content (AvgIpc) is 2.61. The number of rotatable bonds is 7. The molecule has 0 atom stereocenters. The fourth-order valence-corrected chi connectivity index (χ4v) is 2.82. The monoisotopic (exact) mass is 376 g/mol. The molecule has 2 aromatic carbocycles. The quantitative estimate of drug-likeness (QED) is 0.585. The lowest BCUT2D eigenvalue weighted by atomic mass is 10.2. The second-order valence-electron chi connectivity index (χ2n) is 6.88. The van der Waals surface area contributed by atoms with E-state index in [9.17, 15) is 4.79 Å². The summed E-state index contributed by atoms with van der Waals surface area (Å²) >= 11 is 0. The molecule has 1 amide bonds. The molecule has 0 spiro atoms. The molecule has 7 nitrogen and oxygen atoms in total. The van der Waals surface area contributed by atoms with Gasteiger partial charge >= 0.3 is 0 Å². The molecule has 0 bridgehead atoms. The van der Waals surface area contributed by atoms with Crippen LogP contribution in [0.3, 0.4) is 0 Å². The van der Waals surface area contributed by atoms with Gasteiger partial charge in [0.25, 0.3) is 5.91 Å². The molecule has 0 radical (unpaired) electrons. The average molecular weight is 376 g/mol. The van der Waals surface area contributed by atoms with Gasteiger partial charge in [-0.3, -0.25) is 4.79 Å². The number of carbonyl (C=O) groups excluding carboxylic acids is 1. The number of nitrogens with one attached hydrogen (secondary N) is 2. The molecular weight excluding hydrogens is 352 g/mol. The highest BCUT2D eigenvalue weighted by molar-refractivity contribution is 5.98. The van der Waals surface area contributed by atoms with Crippen LogP contribution in [0, 0.1) is 6.92 Å². The van der Waals surface area contributed by atoms with Crippen molar-refractivity contribution in [2.24, 2.45) is 5.73 Å². The first-order valence-corrected chi connectivity index (χ1v) is 8.92. The third-order valence-electron chi connectivity index (χ3n) is 4.02. The summed E-state index contributed by atoms with van der Waals surface area (Å²) in [6.45, 7) is 2.82. The predicted molar refractivity (Wildman–Crippen MR) is 112 cm³/mol. The van der Waals surface area contributed by atoms with Crippen LogP contribution in [0.2, 0.25) is 0 Å². The summed E-state index contributed by atoms with van der Waals surface area (Å²) in [7, 11) is 4.05. The fraction of sp³-hybridized carbons (Fsp3) is 0.190. The maximum atomic E-state index is 11.8. The largest absolute Gasteiger partial charge is 0.365 e. The van der Waals surface area contributed by atoms with Crippen LogP contribution in [-0.2, 0) is 6.54 Å². The Morgan fingerprint density at radius 3 is 2.46 bits per heavy atom. The smallest absolute Gasteiger partial charge is 0.254 e. The van der Waals surface area contributed by atoms with Crippen LogP contribution in [0.15, 0.2) is 54.7 Å². The van der Waals surface area contributed by atoms with Gasteiger partial charge in [0.2, 0.25) is 5.95 Å². The molecule has 1 heterocycles. The zero-order chi connectivity index (χ0) is 20.1. The van der Waals surface area contributed by atoms with Crippen molar-refractivity contribution >= 4 is 29.0 Å². The number of nitrogens with two attached hydrogens (primary N) is 1. The van der Waals surface area contributed by atoms with Gasteiger partial charge in [0.15, 0.2) is 0 Å². The van der Waals surface area contributed by atoms with E-state index in [1.807, 2.05) is 63.5 Å². The zero-order valence-corrected chi connectivity index (χ0v) is 16.2. The SMILES string of the molecule is Cc1cccc(Nc2nc(Nc3cccc(CN(C)C)c3)ncc2C(N)=O)c1. The lowest BCUT2D eigenvalue weighted by molar-refractivity contribution is 0.100. The van der Waals surface area contributed by atoms with Crippen LogP contribution < -0.4 is 16.4 Å². The van der Waals surface area contributed by atoms with Crippen LogP contribution >= 0.6 is 0 Å². The number of anilines is 4. The summed E-state index contributed by atoms with van der Waals surface area (Å²) in [5, 5.41) is 6.35. The van der Waals surface area contributed by atoms with Gasteiger partial charge < -0.3 is 21.3 Å². The molecular formula is C21H24N6O. The van der Waals surface area contributed by atoms with Gasteiger partial charge in [-0.25, -0.2) is 4.98 Å². The lowest BCUT2D eigenvalue weighted by Crippen LogP contribution is -2.15. The van der Waals surface area contributed by atoms with Gasteiger partial charge in [-0.1, -0.05) is 24.3 Å². The maximum absolute atomic E-state index is 11.8. The third kappa shape index (κ3) is 5.05.